The number of nitrogens with two attached hydrogens (primary N) is 1. The van der Waals surface area contributed by atoms with Crippen molar-refractivity contribution in [3.05, 3.63) is 11.6 Å². The van der Waals surface area contributed by atoms with Crippen LogP contribution in [0.1, 0.15) is 43.4 Å². The summed E-state index contributed by atoms with van der Waals surface area (Å²) in [7, 11) is 1.70. The van der Waals surface area contributed by atoms with Gasteiger partial charge in [0, 0.05) is 26.1 Å². The Hall–Kier alpha value is -0.940. The van der Waals surface area contributed by atoms with Gasteiger partial charge in [0.05, 0.1) is 6.10 Å². The molecule has 1 saturated carbocycles. The molecule has 2 N–H and O–H groups in total. The molecule has 0 amide bonds. The molecule has 1 aromatic heterocycles. The van der Waals surface area contributed by atoms with E-state index in [0.717, 1.165) is 18.1 Å². The Morgan fingerprint density at radius 1 is 1.41 bits per heavy atom. The average Bonchev–Trinajstić information content (AvgIpc) is 2.95. The summed E-state index contributed by atoms with van der Waals surface area (Å²) in [6.45, 7) is 2.55. The van der Waals surface area contributed by atoms with Crippen LogP contribution in [0.2, 0.25) is 0 Å². The number of rotatable bonds is 5. The third-order valence-corrected chi connectivity index (χ3v) is 3.63. The number of aromatic nitrogens is 3. The fourth-order valence-corrected chi connectivity index (χ4v) is 2.66. The van der Waals surface area contributed by atoms with Crippen molar-refractivity contribution >= 4 is 0 Å². The second-order valence-corrected chi connectivity index (χ2v) is 4.77. The Bertz CT molecular complexity index is 353. The van der Waals surface area contributed by atoms with E-state index in [1.54, 1.807) is 7.11 Å². The van der Waals surface area contributed by atoms with Crippen LogP contribution in [0.4, 0.5) is 0 Å². The van der Waals surface area contributed by atoms with Gasteiger partial charge in [-0.1, -0.05) is 12.8 Å². The fraction of sp³-hybridized carbons (Fsp3) is 0.833. The topological polar surface area (TPSA) is 66.0 Å². The van der Waals surface area contributed by atoms with Gasteiger partial charge in [-0.05, 0) is 19.8 Å². The van der Waals surface area contributed by atoms with Gasteiger partial charge in [-0.25, -0.2) is 0 Å². The quantitative estimate of drug-likeness (QED) is 0.837. The lowest BCUT2D eigenvalue weighted by atomic mass is 10.2. The third-order valence-electron chi connectivity index (χ3n) is 3.63. The highest BCUT2D eigenvalue weighted by Crippen LogP contribution is 2.31. The Morgan fingerprint density at radius 2 is 2.12 bits per heavy atom. The van der Waals surface area contributed by atoms with Gasteiger partial charge in [-0.15, -0.1) is 10.2 Å². The van der Waals surface area contributed by atoms with E-state index in [0.29, 0.717) is 12.6 Å². The molecule has 1 atom stereocenters. The molecule has 1 aliphatic carbocycles. The second kappa shape index (κ2) is 5.60. The van der Waals surface area contributed by atoms with E-state index in [1.807, 2.05) is 6.92 Å². The normalized spacial score (nSPS) is 18.8. The lowest BCUT2D eigenvalue weighted by molar-refractivity contribution is 0.107. The standard InChI is InChI=1S/C12H22N4O/c1-9-14-15-12(7-11(8-13)17-2)16(9)10-5-3-4-6-10/h10-11H,3-8,13H2,1-2H3. The van der Waals surface area contributed by atoms with E-state index >= 15 is 0 Å². The Balaban J connectivity index is 2.16. The van der Waals surface area contributed by atoms with Crippen LogP contribution in [0.3, 0.4) is 0 Å². The highest BCUT2D eigenvalue weighted by Gasteiger charge is 2.23. The molecule has 1 unspecified atom stereocenters. The van der Waals surface area contributed by atoms with E-state index in [4.69, 9.17) is 10.5 Å². The van der Waals surface area contributed by atoms with Crippen molar-refractivity contribution in [1.29, 1.82) is 0 Å². The van der Waals surface area contributed by atoms with Gasteiger partial charge in [-0.2, -0.15) is 0 Å². The Morgan fingerprint density at radius 3 is 2.71 bits per heavy atom. The number of methoxy groups -OCH3 is 1. The first-order valence-electron chi connectivity index (χ1n) is 6.39. The van der Waals surface area contributed by atoms with Crippen LogP contribution in [-0.2, 0) is 11.2 Å². The first-order chi connectivity index (χ1) is 8.26. The smallest absolute Gasteiger partial charge is 0.135 e. The Labute approximate surface area is 102 Å². The molecular weight excluding hydrogens is 216 g/mol. The number of ether oxygens (including phenoxy) is 1. The Kier molecular flexibility index (Phi) is 4.12. The van der Waals surface area contributed by atoms with Gasteiger partial charge in [0.2, 0.25) is 0 Å². The molecule has 0 bridgehead atoms. The van der Waals surface area contributed by atoms with Crippen molar-refractivity contribution in [2.45, 2.75) is 51.2 Å². The zero-order chi connectivity index (χ0) is 12.3. The van der Waals surface area contributed by atoms with Crippen molar-refractivity contribution in [3.63, 3.8) is 0 Å². The summed E-state index contributed by atoms with van der Waals surface area (Å²) in [4.78, 5) is 0. The maximum absolute atomic E-state index is 5.66. The minimum Gasteiger partial charge on any atom is -0.380 e. The van der Waals surface area contributed by atoms with Crippen LogP contribution in [-0.4, -0.2) is 34.5 Å². The molecule has 1 aliphatic rings. The maximum atomic E-state index is 5.66. The summed E-state index contributed by atoms with van der Waals surface area (Å²) in [6.07, 6.45) is 5.90. The van der Waals surface area contributed by atoms with E-state index < -0.39 is 0 Å². The minimum atomic E-state index is 0.0405. The van der Waals surface area contributed by atoms with Crippen molar-refractivity contribution in [3.8, 4) is 0 Å². The van der Waals surface area contributed by atoms with Crippen molar-refractivity contribution in [1.82, 2.24) is 14.8 Å². The molecule has 5 heteroatoms. The molecule has 1 fully saturated rings. The van der Waals surface area contributed by atoms with E-state index in [-0.39, 0.29) is 6.10 Å². The van der Waals surface area contributed by atoms with Crippen molar-refractivity contribution in [2.24, 2.45) is 5.73 Å². The van der Waals surface area contributed by atoms with E-state index in [2.05, 4.69) is 14.8 Å². The molecular formula is C12H22N4O. The predicted octanol–water partition coefficient (Wildman–Crippen LogP) is 1.22. The molecule has 0 radical (unpaired) electrons. The van der Waals surface area contributed by atoms with Gasteiger partial charge in [0.25, 0.3) is 0 Å². The second-order valence-electron chi connectivity index (χ2n) is 4.77. The van der Waals surface area contributed by atoms with Crippen molar-refractivity contribution in [2.75, 3.05) is 13.7 Å². The number of hydrogen-bond acceptors (Lipinski definition) is 4. The van der Waals surface area contributed by atoms with E-state index in [1.165, 1.54) is 25.7 Å². The van der Waals surface area contributed by atoms with Gasteiger partial charge >= 0.3 is 0 Å². The van der Waals surface area contributed by atoms with Crippen LogP contribution < -0.4 is 5.73 Å². The molecule has 2 rings (SSSR count). The molecule has 17 heavy (non-hydrogen) atoms. The number of hydrogen-bond donors (Lipinski definition) is 1. The van der Waals surface area contributed by atoms with Gasteiger partial charge in [-0.3, -0.25) is 0 Å². The van der Waals surface area contributed by atoms with Crippen LogP contribution in [0.5, 0.6) is 0 Å². The van der Waals surface area contributed by atoms with Crippen molar-refractivity contribution < 1.29 is 4.74 Å². The summed E-state index contributed by atoms with van der Waals surface area (Å²) < 4.78 is 7.61. The van der Waals surface area contributed by atoms with Crippen LogP contribution in [0, 0.1) is 6.92 Å². The van der Waals surface area contributed by atoms with E-state index in [9.17, 15) is 0 Å². The fourth-order valence-electron chi connectivity index (χ4n) is 2.66. The van der Waals surface area contributed by atoms with Crippen LogP contribution in [0.25, 0.3) is 0 Å². The number of aryl methyl sites for hydroxylation is 1. The molecule has 5 nitrogen and oxygen atoms in total. The molecule has 1 aromatic rings. The molecule has 0 saturated heterocycles. The van der Waals surface area contributed by atoms with Crippen LogP contribution >= 0.6 is 0 Å². The monoisotopic (exact) mass is 238 g/mol. The zero-order valence-corrected chi connectivity index (χ0v) is 10.7. The average molecular weight is 238 g/mol. The summed E-state index contributed by atoms with van der Waals surface area (Å²) in [5.74, 6) is 2.03. The minimum absolute atomic E-state index is 0.0405. The highest BCUT2D eigenvalue weighted by molar-refractivity contribution is 5.00. The first kappa shape index (κ1) is 12.5. The predicted molar refractivity (Wildman–Crippen MR) is 65.8 cm³/mol. The lowest BCUT2D eigenvalue weighted by Gasteiger charge is -2.18. The number of nitrogens with zero attached hydrogens (tertiary/aromatic N) is 3. The zero-order valence-electron chi connectivity index (χ0n) is 10.7. The largest absolute Gasteiger partial charge is 0.380 e. The van der Waals surface area contributed by atoms with Gasteiger partial charge < -0.3 is 15.0 Å². The SMILES string of the molecule is COC(CN)Cc1nnc(C)n1C1CCCC1. The summed E-state index contributed by atoms with van der Waals surface area (Å²) in [5.41, 5.74) is 5.66. The van der Waals surface area contributed by atoms with Gasteiger partial charge in [0.1, 0.15) is 11.6 Å². The molecule has 96 valence electrons. The summed E-state index contributed by atoms with van der Waals surface area (Å²) >= 11 is 0. The maximum Gasteiger partial charge on any atom is 0.135 e. The molecule has 0 aliphatic heterocycles. The molecule has 1 heterocycles. The van der Waals surface area contributed by atoms with Gasteiger partial charge in [0.15, 0.2) is 0 Å². The van der Waals surface area contributed by atoms with Crippen LogP contribution in [0.15, 0.2) is 0 Å². The summed E-state index contributed by atoms with van der Waals surface area (Å²) in [6, 6.07) is 0.579. The molecule has 0 aromatic carbocycles. The highest BCUT2D eigenvalue weighted by atomic mass is 16.5. The first-order valence-corrected chi connectivity index (χ1v) is 6.39. The lowest BCUT2D eigenvalue weighted by Crippen LogP contribution is -2.27. The summed E-state index contributed by atoms with van der Waals surface area (Å²) in [5, 5.41) is 8.47. The molecule has 0 spiro atoms. The third kappa shape index (κ3) is 2.66.